The second kappa shape index (κ2) is 9.94. The fourth-order valence-electron chi connectivity index (χ4n) is 5.98. The predicted octanol–water partition coefficient (Wildman–Crippen LogP) is 2.77. The number of nitrogens with two attached hydrogens (primary N) is 1. The number of hydrogen-bond acceptors (Lipinski definition) is 10. The normalized spacial score (nSPS) is 24.6. The van der Waals surface area contributed by atoms with E-state index in [1.165, 1.54) is 12.1 Å². The Balaban J connectivity index is 1.53. The highest BCUT2D eigenvalue weighted by Gasteiger charge is 2.59. The molecule has 0 fully saturated rings. The number of rotatable bonds is 5. The molecule has 1 unspecified atom stereocenters. The lowest BCUT2D eigenvalue weighted by Gasteiger charge is -2.46. The van der Waals surface area contributed by atoms with Crippen LogP contribution in [0.5, 0.6) is 5.75 Å². The van der Waals surface area contributed by atoms with Crippen LogP contribution in [0.3, 0.4) is 0 Å². The number of Topliss-reactive ketones (excluding diaryl/α,β-unsaturated/α-hetero) is 2. The Bertz CT molecular complexity index is 1510. The molecule has 0 heterocycles. The van der Waals surface area contributed by atoms with E-state index in [1.807, 2.05) is 0 Å². The van der Waals surface area contributed by atoms with Crippen LogP contribution in [-0.4, -0.2) is 61.6 Å². The van der Waals surface area contributed by atoms with Crippen molar-refractivity contribution in [2.45, 2.75) is 31.1 Å². The van der Waals surface area contributed by atoms with E-state index < -0.39 is 58.4 Å². The van der Waals surface area contributed by atoms with Gasteiger partial charge in [-0.2, -0.15) is 0 Å². The first-order chi connectivity index (χ1) is 19.0. The summed E-state index contributed by atoms with van der Waals surface area (Å²) < 4.78 is 4.91. The van der Waals surface area contributed by atoms with Crippen LogP contribution in [0.4, 0.5) is 10.5 Å². The molecule has 3 aliphatic carbocycles. The van der Waals surface area contributed by atoms with E-state index >= 15 is 0 Å². The lowest BCUT2D eigenvalue weighted by atomic mass is 9.60. The third-order valence-corrected chi connectivity index (χ3v) is 7.81. The Morgan fingerprint density at radius 3 is 2.50 bits per heavy atom. The van der Waals surface area contributed by atoms with Gasteiger partial charge in [-0.05, 0) is 53.6 Å². The first-order valence-electron chi connectivity index (χ1n) is 12.6. The Morgan fingerprint density at radius 1 is 1.15 bits per heavy atom. The number of aromatic hydroxyl groups is 1. The molecule has 11 nitrogen and oxygen atoms in total. The number of phenols is 1. The molecule has 2 aromatic carbocycles. The number of benzene rings is 2. The van der Waals surface area contributed by atoms with Crippen LogP contribution in [0.2, 0.25) is 0 Å². The minimum atomic E-state index is -2.55. The topological polar surface area (TPSA) is 200 Å². The van der Waals surface area contributed by atoms with Gasteiger partial charge in [0.2, 0.25) is 5.78 Å². The molecule has 3 aliphatic rings. The van der Waals surface area contributed by atoms with Crippen molar-refractivity contribution in [2.75, 3.05) is 11.9 Å². The Labute approximate surface area is 228 Å². The zero-order valence-electron chi connectivity index (χ0n) is 21.3. The average molecular weight is 549 g/mol. The summed E-state index contributed by atoms with van der Waals surface area (Å²) in [7, 11) is 0. The molecular weight excluding hydrogens is 520 g/mol. The van der Waals surface area contributed by atoms with Crippen molar-refractivity contribution in [3.63, 3.8) is 0 Å². The smallest absolute Gasteiger partial charge is 0.411 e. The van der Waals surface area contributed by atoms with E-state index in [0.717, 1.165) is 0 Å². The highest BCUT2D eigenvalue weighted by molar-refractivity contribution is 6.16. The summed E-state index contributed by atoms with van der Waals surface area (Å²) in [4.78, 5) is 38.7. The zero-order chi connectivity index (χ0) is 28.9. The molecule has 8 N–H and O–H groups in total. The van der Waals surface area contributed by atoms with Crippen molar-refractivity contribution in [1.82, 2.24) is 0 Å². The van der Waals surface area contributed by atoms with Crippen molar-refractivity contribution < 1.29 is 44.7 Å². The molecule has 0 spiro atoms. The van der Waals surface area contributed by atoms with E-state index in [2.05, 4.69) is 11.9 Å². The number of carbonyl (C=O) groups is 3. The number of aliphatic hydroxyl groups is 4. The van der Waals surface area contributed by atoms with Gasteiger partial charge in [-0.25, -0.2) is 4.79 Å². The standard InChI is InChI=1S/C29H28N2O9/c1-2-9-40-28(38)31-16-5-3-13(4-6-16)17-7-8-19(32)22-18(17)11-14-10-15-12-20(33)23(27(30)37)26(36)29(15,39)25(35)21(14)24(22)34/h2-8,14-15,27,32-33,35,37,39H,1,9-12,30H2,(H,31,38)/t14-,15+,27?,29+/m1/s1. The minimum Gasteiger partial charge on any atom is -0.512 e. The lowest BCUT2D eigenvalue weighted by molar-refractivity contribution is -0.144. The first-order valence-corrected chi connectivity index (χ1v) is 12.6. The van der Waals surface area contributed by atoms with E-state index in [-0.39, 0.29) is 42.8 Å². The van der Waals surface area contributed by atoms with Crippen LogP contribution in [0.25, 0.3) is 11.1 Å². The molecule has 208 valence electrons. The predicted molar refractivity (Wildman–Crippen MR) is 142 cm³/mol. The number of allylic oxidation sites excluding steroid dienone is 2. The summed E-state index contributed by atoms with van der Waals surface area (Å²) in [6.07, 6.45) is -1.07. The largest absolute Gasteiger partial charge is 0.512 e. The van der Waals surface area contributed by atoms with Gasteiger partial charge >= 0.3 is 6.09 Å². The van der Waals surface area contributed by atoms with Crippen LogP contribution in [0.1, 0.15) is 28.8 Å². The van der Waals surface area contributed by atoms with Crippen molar-refractivity contribution in [1.29, 1.82) is 0 Å². The first kappa shape index (κ1) is 27.1. The molecule has 0 saturated heterocycles. The maximum absolute atomic E-state index is 13.7. The molecule has 5 rings (SSSR count). The number of ketones is 2. The molecule has 0 aromatic heterocycles. The van der Waals surface area contributed by atoms with E-state index in [1.54, 1.807) is 30.3 Å². The number of phenolic OH excluding ortho intramolecular Hbond substituents is 1. The van der Waals surface area contributed by atoms with Crippen LogP contribution >= 0.6 is 0 Å². The molecule has 0 aliphatic heterocycles. The van der Waals surface area contributed by atoms with E-state index in [0.29, 0.717) is 22.4 Å². The lowest BCUT2D eigenvalue weighted by Crippen LogP contribution is -2.57. The van der Waals surface area contributed by atoms with Crippen molar-refractivity contribution in [3.8, 4) is 16.9 Å². The maximum atomic E-state index is 13.7. The number of aliphatic hydroxyl groups excluding tert-OH is 3. The molecule has 1 amide bonds. The van der Waals surface area contributed by atoms with Crippen LogP contribution in [0, 0.1) is 11.8 Å². The number of amides is 1. The van der Waals surface area contributed by atoms with Crippen molar-refractivity contribution in [3.05, 3.63) is 82.8 Å². The summed E-state index contributed by atoms with van der Waals surface area (Å²) in [6, 6.07) is 9.76. The van der Waals surface area contributed by atoms with E-state index in [9.17, 15) is 39.9 Å². The highest BCUT2D eigenvalue weighted by atomic mass is 16.5. The number of ether oxygens (including phenoxy) is 1. The zero-order valence-corrected chi connectivity index (χ0v) is 21.3. The van der Waals surface area contributed by atoms with Gasteiger partial charge in [-0.1, -0.05) is 30.9 Å². The second-order valence-electron chi connectivity index (χ2n) is 10.1. The quantitative estimate of drug-likeness (QED) is 0.215. The Morgan fingerprint density at radius 2 is 1.85 bits per heavy atom. The van der Waals surface area contributed by atoms with Gasteiger partial charge in [0.1, 0.15) is 30.1 Å². The number of nitrogens with one attached hydrogen (secondary N) is 1. The van der Waals surface area contributed by atoms with Crippen LogP contribution < -0.4 is 11.1 Å². The van der Waals surface area contributed by atoms with Gasteiger partial charge in [0.15, 0.2) is 11.4 Å². The van der Waals surface area contributed by atoms with Gasteiger partial charge in [-0.15, -0.1) is 0 Å². The highest BCUT2D eigenvalue weighted by Crippen LogP contribution is 2.52. The summed E-state index contributed by atoms with van der Waals surface area (Å²) in [5.41, 5.74) is 4.30. The molecule has 11 heteroatoms. The van der Waals surface area contributed by atoms with Gasteiger partial charge < -0.3 is 36.0 Å². The molecule has 40 heavy (non-hydrogen) atoms. The Hall–Kier alpha value is -4.45. The SMILES string of the molecule is C=CCOC(=O)Nc1ccc(-c2ccc(O)c3c2C[C@H]2C[C@H]4CC(O)=C(C(N)O)C(=O)[C@@]4(O)C(O)=C2C3=O)cc1. The molecule has 4 atom stereocenters. The number of carbonyl (C=O) groups excluding carboxylic acids is 3. The number of fused-ring (bicyclic) bond motifs is 3. The van der Waals surface area contributed by atoms with E-state index in [4.69, 9.17) is 10.5 Å². The fraction of sp³-hybridized carbons (Fsp3) is 0.276. The molecule has 0 saturated carbocycles. The van der Waals surface area contributed by atoms with Gasteiger partial charge in [0.25, 0.3) is 0 Å². The monoisotopic (exact) mass is 548 g/mol. The third-order valence-electron chi connectivity index (χ3n) is 7.81. The summed E-state index contributed by atoms with van der Waals surface area (Å²) in [5, 5.41) is 56.0. The van der Waals surface area contributed by atoms with Gasteiger partial charge in [0, 0.05) is 23.6 Å². The molecule has 0 bridgehead atoms. The number of anilines is 1. The summed E-state index contributed by atoms with van der Waals surface area (Å²) in [5.74, 6) is -5.17. The van der Waals surface area contributed by atoms with Gasteiger partial charge in [0.05, 0.1) is 11.1 Å². The van der Waals surface area contributed by atoms with Crippen LogP contribution in [0.15, 0.2) is 71.7 Å². The molecule has 0 radical (unpaired) electrons. The van der Waals surface area contributed by atoms with Crippen LogP contribution in [-0.2, 0) is 16.0 Å². The molecule has 2 aromatic rings. The van der Waals surface area contributed by atoms with Crippen molar-refractivity contribution >= 4 is 23.3 Å². The van der Waals surface area contributed by atoms with Gasteiger partial charge in [-0.3, -0.25) is 14.9 Å². The van der Waals surface area contributed by atoms with Crippen molar-refractivity contribution in [2.24, 2.45) is 17.6 Å². The average Bonchev–Trinajstić information content (AvgIpc) is 2.90. The second-order valence-corrected chi connectivity index (χ2v) is 10.1. The molecular formula is C29H28N2O9. The fourth-order valence-corrected chi connectivity index (χ4v) is 5.98. The number of hydrogen-bond donors (Lipinski definition) is 7. The third kappa shape index (κ3) is 4.15. The maximum Gasteiger partial charge on any atom is 0.411 e. The summed E-state index contributed by atoms with van der Waals surface area (Å²) in [6.45, 7) is 3.54. The Kier molecular flexibility index (Phi) is 6.74. The minimum absolute atomic E-state index is 0.0587. The summed E-state index contributed by atoms with van der Waals surface area (Å²) >= 11 is 0.